The molecule has 0 fully saturated rings. The van der Waals surface area contributed by atoms with Crippen molar-refractivity contribution >= 4 is 18.9 Å². The maximum atomic E-state index is 13.9. The van der Waals surface area contributed by atoms with E-state index in [0.717, 1.165) is 19.3 Å². The van der Waals surface area contributed by atoms with E-state index in [1.807, 2.05) is 0 Å². The Morgan fingerprint density at radius 2 is 0.923 bits per heavy atom. The van der Waals surface area contributed by atoms with Gasteiger partial charge in [-0.3, -0.25) is 0 Å². The lowest BCUT2D eigenvalue weighted by Crippen LogP contribution is -2.65. The van der Waals surface area contributed by atoms with Gasteiger partial charge in [-0.1, -0.05) is 151 Å². The normalized spacial score (nSPS) is 12.7. The first-order valence-corrected chi connectivity index (χ1v) is 16.4. The maximum absolute atomic E-state index is 13.9. The third-order valence-corrected chi connectivity index (χ3v) is 10.3. The van der Waals surface area contributed by atoms with E-state index >= 15 is 0 Å². The summed E-state index contributed by atoms with van der Waals surface area (Å²) >= 11 is 0. The molecule has 0 bridgehead atoms. The van der Waals surface area contributed by atoms with Crippen molar-refractivity contribution in [2.45, 2.75) is 109 Å². The van der Waals surface area contributed by atoms with E-state index in [9.17, 15) is 22.0 Å². The zero-order chi connectivity index (χ0) is 28.5. The van der Waals surface area contributed by atoms with Crippen LogP contribution < -0.4 is 10.4 Å². The van der Waals surface area contributed by atoms with Crippen LogP contribution in [0.3, 0.4) is 0 Å². The van der Waals surface area contributed by atoms with E-state index in [1.165, 1.54) is 64.2 Å². The number of hydrogen-bond donors (Lipinski definition) is 0. The van der Waals surface area contributed by atoms with Gasteiger partial charge in [-0.15, -0.1) is 0 Å². The van der Waals surface area contributed by atoms with Gasteiger partial charge in [-0.05, 0) is 16.8 Å². The Kier molecular flexibility index (Phi) is 15.3. The molecule has 0 aliphatic rings. The second kappa shape index (κ2) is 17.8. The number of alkyl halides is 5. The van der Waals surface area contributed by atoms with Gasteiger partial charge in [0.2, 0.25) is 0 Å². The molecule has 0 atom stereocenters. The van der Waals surface area contributed by atoms with Crippen LogP contribution in [0.4, 0.5) is 22.0 Å². The molecule has 0 spiro atoms. The molecule has 0 aliphatic heterocycles. The molecule has 0 saturated carbocycles. The van der Waals surface area contributed by atoms with Crippen molar-refractivity contribution in [3.05, 3.63) is 60.7 Å². The van der Waals surface area contributed by atoms with Gasteiger partial charge in [0, 0.05) is 6.61 Å². The molecular weight excluding hydrogens is 527 g/mol. The highest BCUT2D eigenvalue weighted by molar-refractivity contribution is 6.92. The molecule has 0 amide bonds. The summed E-state index contributed by atoms with van der Waals surface area (Å²) in [5, 5.41) is 0.999. The Labute approximate surface area is 232 Å². The summed E-state index contributed by atoms with van der Waals surface area (Å²) in [5.74, 6) is -4.98. The summed E-state index contributed by atoms with van der Waals surface area (Å²) in [4.78, 5) is 0. The van der Waals surface area contributed by atoms with E-state index in [-0.39, 0.29) is 6.61 Å². The van der Waals surface area contributed by atoms with Gasteiger partial charge >= 0.3 is 20.7 Å². The van der Waals surface area contributed by atoms with Gasteiger partial charge < -0.3 is 8.85 Å². The number of halogens is 5. The summed E-state index contributed by atoms with van der Waals surface area (Å²) in [6, 6.07) is 17.1. The molecule has 8 heteroatoms. The summed E-state index contributed by atoms with van der Waals surface area (Å²) < 4.78 is 78.5. The van der Waals surface area contributed by atoms with Gasteiger partial charge in [-0.2, -0.15) is 22.0 Å². The largest absolute Gasteiger partial charge is 0.455 e. The predicted octanol–water partition coefficient (Wildman–Crippen LogP) is 8.96. The molecule has 0 N–H and O–H groups in total. The zero-order valence-electron chi connectivity index (χ0n) is 23.3. The highest BCUT2D eigenvalue weighted by Crippen LogP contribution is 2.36. The smallest absolute Gasteiger partial charge is 0.388 e. The van der Waals surface area contributed by atoms with Crippen LogP contribution in [0.5, 0.6) is 0 Å². The van der Waals surface area contributed by atoms with Crippen molar-refractivity contribution in [1.82, 2.24) is 0 Å². The SMILES string of the molecule is CCCCCCCCCCCCCCCCO[Si](OCC(F)(F)C(F)(F)F)(c1ccccc1)c1ccccc1. The lowest BCUT2D eigenvalue weighted by atomic mass is 10.0. The monoisotopic (exact) mass is 572 g/mol. The fraction of sp³-hybridized carbons (Fsp3) is 0.613. The van der Waals surface area contributed by atoms with E-state index in [4.69, 9.17) is 8.85 Å². The molecule has 2 aromatic carbocycles. The van der Waals surface area contributed by atoms with E-state index < -0.39 is 27.3 Å². The van der Waals surface area contributed by atoms with Crippen LogP contribution in [-0.2, 0) is 8.85 Å². The second-order valence-electron chi connectivity index (χ2n) is 10.3. The first-order valence-electron chi connectivity index (χ1n) is 14.6. The van der Waals surface area contributed by atoms with Crippen LogP contribution >= 0.6 is 0 Å². The minimum absolute atomic E-state index is 0.228. The van der Waals surface area contributed by atoms with Crippen LogP contribution in [0.15, 0.2) is 60.7 Å². The van der Waals surface area contributed by atoms with Crippen molar-refractivity contribution in [2.75, 3.05) is 13.2 Å². The number of rotatable bonds is 21. The van der Waals surface area contributed by atoms with Crippen LogP contribution in [0, 0.1) is 0 Å². The fourth-order valence-corrected chi connectivity index (χ4v) is 7.81. The summed E-state index contributed by atoms with van der Waals surface area (Å²) in [7, 11) is -3.82. The van der Waals surface area contributed by atoms with Crippen molar-refractivity contribution in [2.24, 2.45) is 0 Å². The molecular formula is C31H45F5O2Si. The zero-order valence-corrected chi connectivity index (χ0v) is 24.3. The number of unbranched alkanes of at least 4 members (excludes halogenated alkanes) is 13. The third-order valence-electron chi connectivity index (χ3n) is 6.98. The molecule has 0 radical (unpaired) electrons. The van der Waals surface area contributed by atoms with E-state index in [2.05, 4.69) is 6.92 Å². The van der Waals surface area contributed by atoms with Gasteiger partial charge in [0.05, 0.1) is 0 Å². The highest BCUT2D eigenvalue weighted by atomic mass is 28.4. The molecule has 2 rings (SSSR count). The van der Waals surface area contributed by atoms with E-state index in [1.54, 1.807) is 60.7 Å². The van der Waals surface area contributed by atoms with Gasteiger partial charge in [0.25, 0.3) is 0 Å². The average molecular weight is 573 g/mol. The second-order valence-corrected chi connectivity index (χ2v) is 13.2. The molecule has 0 aliphatic carbocycles. The topological polar surface area (TPSA) is 18.5 Å². The number of benzene rings is 2. The van der Waals surface area contributed by atoms with Crippen LogP contribution in [0.2, 0.25) is 0 Å². The molecule has 0 saturated heterocycles. The Hall–Kier alpha value is -1.77. The van der Waals surface area contributed by atoms with Gasteiger partial charge in [0.1, 0.15) is 6.61 Å². The molecule has 0 aromatic heterocycles. The molecule has 220 valence electrons. The van der Waals surface area contributed by atoms with E-state index in [0.29, 0.717) is 16.8 Å². The lowest BCUT2D eigenvalue weighted by molar-refractivity contribution is -0.291. The van der Waals surface area contributed by atoms with Crippen molar-refractivity contribution < 1.29 is 30.8 Å². The van der Waals surface area contributed by atoms with Gasteiger partial charge in [0.15, 0.2) is 0 Å². The summed E-state index contributed by atoms with van der Waals surface area (Å²) in [5.41, 5.74) is 0. The van der Waals surface area contributed by atoms with Crippen LogP contribution in [-0.4, -0.2) is 33.9 Å². The summed E-state index contributed by atoms with van der Waals surface area (Å²) in [6.45, 7) is 0.676. The van der Waals surface area contributed by atoms with Gasteiger partial charge in [-0.25, -0.2) is 0 Å². The number of hydrogen-bond acceptors (Lipinski definition) is 2. The first kappa shape index (κ1) is 33.4. The molecule has 2 nitrogen and oxygen atoms in total. The Bertz CT molecular complexity index is 838. The standard InChI is InChI=1S/C31H45F5O2Si/c1-2-3-4-5-6-7-8-9-10-11-12-13-14-21-26-37-39(28-22-17-15-18-23-28,29-24-19-16-20-25-29)38-27-30(32,33)31(34,35)36/h15-20,22-25H,2-14,21,26-27H2,1H3. The fourth-order valence-electron chi connectivity index (χ4n) is 4.64. The highest BCUT2D eigenvalue weighted by Gasteiger charge is 2.59. The Balaban J connectivity index is 1.87. The first-order chi connectivity index (χ1) is 18.7. The van der Waals surface area contributed by atoms with Crippen LogP contribution in [0.25, 0.3) is 0 Å². The Morgan fingerprint density at radius 3 is 1.31 bits per heavy atom. The minimum atomic E-state index is -5.70. The van der Waals surface area contributed by atoms with Crippen molar-refractivity contribution in [3.63, 3.8) is 0 Å². The lowest BCUT2D eigenvalue weighted by Gasteiger charge is -2.33. The molecule has 39 heavy (non-hydrogen) atoms. The molecule has 0 heterocycles. The predicted molar refractivity (Wildman–Crippen MR) is 151 cm³/mol. The maximum Gasteiger partial charge on any atom is 0.455 e. The third kappa shape index (κ3) is 11.7. The average Bonchev–Trinajstić information content (AvgIpc) is 2.93. The quantitative estimate of drug-likeness (QED) is 0.0845. The minimum Gasteiger partial charge on any atom is -0.388 e. The molecule has 2 aromatic rings. The van der Waals surface area contributed by atoms with Crippen LogP contribution in [0.1, 0.15) is 96.8 Å². The van der Waals surface area contributed by atoms with Crippen molar-refractivity contribution in [1.29, 1.82) is 0 Å². The summed E-state index contributed by atoms with van der Waals surface area (Å²) in [6.07, 6.45) is 11.1. The molecule has 0 unspecified atom stereocenters. The van der Waals surface area contributed by atoms with Crippen molar-refractivity contribution in [3.8, 4) is 0 Å². The Morgan fingerprint density at radius 1 is 0.538 bits per heavy atom.